The number of rotatable bonds is 3. The molecule has 1 aromatic carbocycles. The van der Waals surface area contributed by atoms with Crippen LogP contribution in [0, 0.1) is 0 Å². The topological polar surface area (TPSA) is 78.3 Å². The monoisotopic (exact) mass is 454 g/mol. The largest absolute Gasteiger partial charge is 0.490 e. The van der Waals surface area contributed by atoms with Crippen LogP contribution in [-0.2, 0) is 23.2 Å². The minimum absolute atomic E-state index is 0.389. The predicted molar refractivity (Wildman–Crippen MR) is 110 cm³/mol. The molecule has 1 unspecified atom stereocenters. The minimum Gasteiger partial charge on any atom is -0.475 e. The quantitative estimate of drug-likeness (QED) is 0.741. The summed E-state index contributed by atoms with van der Waals surface area (Å²) >= 11 is 1.82. The average Bonchev–Trinajstić information content (AvgIpc) is 3.29. The number of carbonyl (C=O) groups is 1. The Balaban J connectivity index is 0.000000289. The Morgan fingerprint density at radius 1 is 1.26 bits per heavy atom. The van der Waals surface area contributed by atoms with Gasteiger partial charge in [-0.2, -0.15) is 13.2 Å². The van der Waals surface area contributed by atoms with Crippen molar-refractivity contribution in [1.82, 2.24) is 20.4 Å². The highest BCUT2D eigenvalue weighted by Crippen LogP contribution is 2.44. The number of nitrogens with one attached hydrogen (secondary N) is 1. The van der Waals surface area contributed by atoms with E-state index in [0.29, 0.717) is 11.3 Å². The second-order valence-corrected chi connectivity index (χ2v) is 9.54. The lowest BCUT2D eigenvalue weighted by atomic mass is 9.69. The summed E-state index contributed by atoms with van der Waals surface area (Å²) in [5.41, 5.74) is 3.60. The summed E-state index contributed by atoms with van der Waals surface area (Å²) in [4.78, 5) is 11.5. The van der Waals surface area contributed by atoms with Gasteiger partial charge >= 0.3 is 12.1 Å². The summed E-state index contributed by atoms with van der Waals surface area (Å²) in [6, 6.07) is 9.13. The first-order valence-corrected chi connectivity index (χ1v) is 11.2. The lowest BCUT2D eigenvalue weighted by molar-refractivity contribution is -0.192. The first kappa shape index (κ1) is 22.2. The summed E-state index contributed by atoms with van der Waals surface area (Å²) in [5.74, 6) is -2.15. The van der Waals surface area contributed by atoms with Crippen molar-refractivity contribution < 1.29 is 23.1 Å². The molecule has 0 radical (unpaired) electrons. The van der Waals surface area contributed by atoms with Crippen LogP contribution in [0.15, 0.2) is 24.3 Å². The molecule has 1 atom stereocenters. The van der Waals surface area contributed by atoms with E-state index in [4.69, 9.17) is 9.90 Å². The number of carboxylic acids is 1. The van der Waals surface area contributed by atoms with Gasteiger partial charge in [-0.3, -0.25) is 4.90 Å². The SMILES string of the molecule is O=C(O)C(F)(F)F.c1ccc2c(c1)CCCC21CCN(Cc2nnc(C3CNC3)s2)C1. The molecule has 6 nitrogen and oxygen atoms in total. The lowest BCUT2D eigenvalue weighted by Crippen LogP contribution is -2.39. The van der Waals surface area contributed by atoms with Crippen molar-refractivity contribution in [1.29, 1.82) is 0 Å². The number of alkyl halides is 3. The predicted octanol–water partition coefficient (Wildman–Crippen LogP) is 3.34. The van der Waals surface area contributed by atoms with E-state index in [9.17, 15) is 13.2 Å². The van der Waals surface area contributed by atoms with Gasteiger partial charge in [0.1, 0.15) is 10.0 Å². The second kappa shape index (κ2) is 8.84. The highest BCUT2D eigenvalue weighted by atomic mass is 32.1. The lowest BCUT2D eigenvalue weighted by Gasteiger charge is -2.36. The molecule has 0 saturated carbocycles. The standard InChI is InChI=1S/C19H24N4S.C2HF3O2/c1-2-6-16-14(4-1)5-3-7-19(16)8-9-23(13-19)12-17-21-22-18(24-17)15-10-20-11-15;3-2(4,5)1(6)7/h1-2,4,6,15,20H,3,5,7-13H2;(H,6,7). The molecule has 2 N–H and O–H groups in total. The molecular formula is C21H25F3N4O2S. The molecule has 1 aromatic heterocycles. The zero-order valence-corrected chi connectivity index (χ0v) is 17.8. The molecule has 10 heteroatoms. The number of likely N-dealkylation sites (tertiary alicyclic amines) is 1. The van der Waals surface area contributed by atoms with Crippen LogP contribution in [0.25, 0.3) is 0 Å². The van der Waals surface area contributed by atoms with Gasteiger partial charge in [-0.15, -0.1) is 10.2 Å². The van der Waals surface area contributed by atoms with Crippen molar-refractivity contribution >= 4 is 17.3 Å². The van der Waals surface area contributed by atoms with E-state index in [2.05, 4.69) is 44.7 Å². The van der Waals surface area contributed by atoms with Gasteiger partial charge in [0.2, 0.25) is 0 Å². The first-order valence-electron chi connectivity index (χ1n) is 10.4. The molecule has 2 saturated heterocycles. The van der Waals surface area contributed by atoms with E-state index in [1.165, 1.54) is 48.8 Å². The van der Waals surface area contributed by atoms with E-state index < -0.39 is 12.1 Å². The number of halogens is 3. The first-order chi connectivity index (χ1) is 14.8. The molecule has 1 spiro atoms. The van der Waals surface area contributed by atoms with Crippen LogP contribution < -0.4 is 5.32 Å². The Bertz CT molecular complexity index is 931. The molecule has 5 rings (SSSR count). The van der Waals surface area contributed by atoms with Crippen LogP contribution in [0.1, 0.15) is 46.3 Å². The summed E-state index contributed by atoms with van der Waals surface area (Å²) in [6.45, 7) is 5.48. The number of aromatic nitrogens is 2. The smallest absolute Gasteiger partial charge is 0.475 e. The number of nitrogens with zero attached hydrogens (tertiary/aromatic N) is 3. The Morgan fingerprint density at radius 3 is 2.68 bits per heavy atom. The van der Waals surface area contributed by atoms with Gasteiger partial charge in [0.05, 0.1) is 6.54 Å². The number of aryl methyl sites for hydroxylation is 1. The number of hydrogen-bond donors (Lipinski definition) is 2. The van der Waals surface area contributed by atoms with Crippen molar-refractivity contribution in [3.8, 4) is 0 Å². The number of aliphatic carboxylic acids is 1. The van der Waals surface area contributed by atoms with Crippen LogP contribution in [-0.4, -0.2) is 58.5 Å². The maximum Gasteiger partial charge on any atom is 0.490 e. The number of fused-ring (bicyclic) bond motifs is 2. The van der Waals surface area contributed by atoms with Gasteiger partial charge < -0.3 is 10.4 Å². The molecule has 2 aliphatic heterocycles. The number of hydrogen-bond acceptors (Lipinski definition) is 6. The Kier molecular flexibility index (Phi) is 6.32. The summed E-state index contributed by atoms with van der Waals surface area (Å²) in [5, 5.41) is 21.7. The van der Waals surface area contributed by atoms with Crippen molar-refractivity contribution in [2.45, 2.75) is 49.7 Å². The molecule has 0 bridgehead atoms. The molecular weight excluding hydrogens is 429 g/mol. The molecule has 1 aliphatic carbocycles. The fourth-order valence-electron chi connectivity index (χ4n) is 4.67. The van der Waals surface area contributed by atoms with Gasteiger partial charge in [-0.25, -0.2) is 4.79 Å². The van der Waals surface area contributed by atoms with Gasteiger partial charge in [0.15, 0.2) is 0 Å². The van der Waals surface area contributed by atoms with Crippen LogP contribution >= 0.6 is 11.3 Å². The van der Waals surface area contributed by atoms with Crippen LogP contribution in [0.5, 0.6) is 0 Å². The molecule has 168 valence electrons. The van der Waals surface area contributed by atoms with Gasteiger partial charge in [0, 0.05) is 31.0 Å². The third kappa shape index (κ3) is 4.91. The summed E-state index contributed by atoms with van der Waals surface area (Å²) in [6.07, 6.45) is 0.146. The van der Waals surface area contributed by atoms with Crippen molar-refractivity contribution in [3.05, 3.63) is 45.4 Å². The van der Waals surface area contributed by atoms with E-state index in [1.54, 1.807) is 11.1 Å². The zero-order valence-electron chi connectivity index (χ0n) is 17.0. The van der Waals surface area contributed by atoms with Gasteiger partial charge in [-0.05, 0) is 43.4 Å². The molecule has 3 heterocycles. The normalized spacial score (nSPS) is 23.7. The maximum absolute atomic E-state index is 10.6. The van der Waals surface area contributed by atoms with E-state index in [-0.39, 0.29) is 0 Å². The van der Waals surface area contributed by atoms with Crippen molar-refractivity contribution in [2.24, 2.45) is 0 Å². The summed E-state index contributed by atoms with van der Waals surface area (Å²) < 4.78 is 31.7. The Hall–Kier alpha value is -2.04. The van der Waals surface area contributed by atoms with Gasteiger partial charge in [0.25, 0.3) is 0 Å². The third-order valence-corrected chi connectivity index (χ3v) is 7.41. The summed E-state index contributed by atoms with van der Waals surface area (Å²) in [7, 11) is 0. The van der Waals surface area contributed by atoms with Gasteiger partial charge in [-0.1, -0.05) is 35.6 Å². The van der Waals surface area contributed by atoms with Crippen molar-refractivity contribution in [3.63, 3.8) is 0 Å². The molecule has 0 amide bonds. The van der Waals surface area contributed by atoms with Crippen LogP contribution in [0.3, 0.4) is 0 Å². The highest BCUT2D eigenvalue weighted by Gasteiger charge is 2.42. The van der Waals surface area contributed by atoms with Crippen molar-refractivity contribution in [2.75, 3.05) is 26.2 Å². The van der Waals surface area contributed by atoms with Crippen LogP contribution in [0.2, 0.25) is 0 Å². The van der Waals surface area contributed by atoms with E-state index in [0.717, 1.165) is 19.6 Å². The molecule has 31 heavy (non-hydrogen) atoms. The third-order valence-electron chi connectivity index (χ3n) is 6.34. The zero-order chi connectivity index (χ0) is 22.1. The second-order valence-electron chi connectivity index (χ2n) is 8.44. The fraction of sp³-hybridized carbons (Fsp3) is 0.571. The molecule has 2 aromatic rings. The average molecular weight is 455 g/mol. The van der Waals surface area contributed by atoms with E-state index >= 15 is 0 Å². The molecule has 2 fully saturated rings. The van der Waals surface area contributed by atoms with Crippen LogP contribution in [0.4, 0.5) is 13.2 Å². The number of benzene rings is 1. The van der Waals surface area contributed by atoms with E-state index in [1.807, 2.05) is 11.3 Å². The maximum atomic E-state index is 10.6. The molecule has 3 aliphatic rings. The fourth-order valence-corrected chi connectivity index (χ4v) is 5.66. The number of carboxylic acid groups (broad SMARTS) is 1. The Labute approximate surface area is 182 Å². The minimum atomic E-state index is -5.08. The highest BCUT2D eigenvalue weighted by molar-refractivity contribution is 7.11. The Morgan fingerprint density at radius 2 is 2.00 bits per heavy atom.